The molecule has 0 atom stereocenters. The van der Waals surface area contributed by atoms with E-state index in [1.165, 1.54) is 0 Å². The number of benzene rings is 1. The maximum Gasteiger partial charge on any atom is 0.258 e. The van der Waals surface area contributed by atoms with E-state index in [2.05, 4.69) is 4.98 Å². The van der Waals surface area contributed by atoms with Crippen molar-refractivity contribution < 1.29 is 9.90 Å². The summed E-state index contributed by atoms with van der Waals surface area (Å²) in [7, 11) is 1.72. The smallest absolute Gasteiger partial charge is 0.258 e. The lowest BCUT2D eigenvalue weighted by atomic mass is 10.1. The molecule has 0 fully saturated rings. The third-order valence-corrected chi connectivity index (χ3v) is 3.65. The average molecular weight is 268 g/mol. The van der Waals surface area contributed by atoms with Gasteiger partial charge in [0.15, 0.2) is 0 Å². The number of carbonyl (C=O) groups excluding carboxylic acids is 1. The predicted molar refractivity (Wildman–Crippen MR) is 79.7 cm³/mol. The highest BCUT2D eigenvalue weighted by Gasteiger charge is 2.30. The number of hydrogen-bond donors (Lipinski definition) is 2. The summed E-state index contributed by atoms with van der Waals surface area (Å²) in [4.78, 5) is 17.2. The van der Waals surface area contributed by atoms with Crippen LogP contribution in [0.4, 0.5) is 5.69 Å². The molecule has 1 aliphatic rings. The number of phenolic OH excluding ortho intramolecular Hbond substituents is 1. The largest absolute Gasteiger partial charge is 0.508 e. The van der Waals surface area contributed by atoms with Crippen LogP contribution >= 0.6 is 0 Å². The van der Waals surface area contributed by atoms with E-state index in [9.17, 15) is 9.90 Å². The summed E-state index contributed by atoms with van der Waals surface area (Å²) >= 11 is 0. The van der Waals surface area contributed by atoms with Crippen LogP contribution in [0.25, 0.3) is 11.6 Å². The number of nitrogens with one attached hydrogen (secondary N) is 1. The second-order valence-corrected chi connectivity index (χ2v) is 5.17. The number of H-pyrrole nitrogens is 1. The van der Waals surface area contributed by atoms with Crippen LogP contribution in [0.2, 0.25) is 0 Å². The number of aromatic amines is 1. The first-order valence-corrected chi connectivity index (χ1v) is 6.46. The summed E-state index contributed by atoms with van der Waals surface area (Å²) < 4.78 is 0. The molecular weight excluding hydrogens is 252 g/mol. The SMILES string of the molecule is Cc1cc(C)c(/C=C2\C(=O)N(C)c3cc(O)ccc32)[nH]1. The number of anilines is 1. The number of aromatic nitrogens is 1. The molecular formula is C16H16N2O2. The molecule has 2 N–H and O–H groups in total. The highest BCUT2D eigenvalue weighted by atomic mass is 16.3. The molecule has 0 saturated heterocycles. The number of amides is 1. The minimum absolute atomic E-state index is 0.0581. The highest BCUT2D eigenvalue weighted by Crippen LogP contribution is 2.38. The molecule has 20 heavy (non-hydrogen) atoms. The third kappa shape index (κ3) is 1.81. The first-order valence-electron chi connectivity index (χ1n) is 6.46. The number of fused-ring (bicyclic) bond motifs is 1. The lowest BCUT2D eigenvalue weighted by molar-refractivity contribution is -0.112. The van der Waals surface area contributed by atoms with Crippen molar-refractivity contribution in [2.45, 2.75) is 13.8 Å². The molecule has 102 valence electrons. The zero-order chi connectivity index (χ0) is 14.4. The monoisotopic (exact) mass is 268 g/mol. The molecule has 0 unspecified atom stereocenters. The normalized spacial score (nSPS) is 16.1. The molecule has 2 aromatic rings. The number of aromatic hydroxyl groups is 1. The van der Waals surface area contributed by atoms with Gasteiger partial charge in [-0.05, 0) is 43.7 Å². The van der Waals surface area contributed by atoms with Crippen LogP contribution in [0, 0.1) is 13.8 Å². The van der Waals surface area contributed by atoms with Crippen molar-refractivity contribution in [1.29, 1.82) is 0 Å². The number of likely N-dealkylation sites (N-methyl/N-ethyl adjacent to an activating group) is 1. The van der Waals surface area contributed by atoms with Crippen molar-refractivity contribution in [2.24, 2.45) is 0 Å². The second kappa shape index (κ2) is 4.27. The van der Waals surface area contributed by atoms with Crippen LogP contribution < -0.4 is 4.90 Å². The number of hydrogen-bond acceptors (Lipinski definition) is 2. The molecule has 1 aliphatic heterocycles. The first-order chi connectivity index (χ1) is 9.47. The number of rotatable bonds is 1. The first kappa shape index (κ1) is 12.5. The van der Waals surface area contributed by atoms with Gasteiger partial charge in [0.05, 0.1) is 11.3 Å². The van der Waals surface area contributed by atoms with Crippen molar-refractivity contribution in [3.05, 3.63) is 46.8 Å². The lowest BCUT2D eigenvalue weighted by Gasteiger charge is -2.08. The molecule has 1 aromatic carbocycles. The Morgan fingerprint density at radius 2 is 2.00 bits per heavy atom. The molecule has 0 saturated carbocycles. The van der Waals surface area contributed by atoms with Crippen molar-refractivity contribution in [1.82, 2.24) is 4.98 Å². The predicted octanol–water partition coefficient (Wildman–Crippen LogP) is 2.85. The molecule has 0 spiro atoms. The molecule has 0 bridgehead atoms. The van der Waals surface area contributed by atoms with Crippen LogP contribution in [-0.4, -0.2) is 23.0 Å². The standard InChI is InChI=1S/C16H16N2O2/c1-9-6-10(2)17-14(9)8-13-12-5-4-11(19)7-15(12)18(3)16(13)20/h4-8,17,19H,1-3H3/b13-8-. The Labute approximate surface area is 117 Å². The molecule has 3 rings (SSSR count). The maximum absolute atomic E-state index is 12.4. The average Bonchev–Trinajstić information content (AvgIpc) is 2.83. The van der Waals surface area contributed by atoms with Gasteiger partial charge in [0.1, 0.15) is 5.75 Å². The van der Waals surface area contributed by atoms with Gasteiger partial charge in [0.2, 0.25) is 0 Å². The van der Waals surface area contributed by atoms with E-state index in [1.54, 1.807) is 30.1 Å². The Bertz CT molecular complexity index is 741. The number of carbonyl (C=O) groups is 1. The molecule has 0 aliphatic carbocycles. The number of aryl methyl sites for hydroxylation is 2. The summed E-state index contributed by atoms with van der Waals surface area (Å²) in [6.45, 7) is 4.00. The van der Waals surface area contributed by atoms with Gasteiger partial charge in [-0.15, -0.1) is 0 Å². The third-order valence-electron chi connectivity index (χ3n) is 3.65. The van der Waals surface area contributed by atoms with E-state index in [1.807, 2.05) is 26.0 Å². The topological polar surface area (TPSA) is 56.3 Å². The van der Waals surface area contributed by atoms with Gasteiger partial charge < -0.3 is 15.0 Å². The van der Waals surface area contributed by atoms with Crippen molar-refractivity contribution in [3.63, 3.8) is 0 Å². The van der Waals surface area contributed by atoms with Crippen LogP contribution in [0.1, 0.15) is 22.5 Å². The van der Waals surface area contributed by atoms with E-state index < -0.39 is 0 Å². The van der Waals surface area contributed by atoms with Crippen molar-refractivity contribution >= 4 is 23.2 Å². The zero-order valence-electron chi connectivity index (χ0n) is 11.7. The van der Waals surface area contributed by atoms with Gasteiger partial charge in [-0.3, -0.25) is 4.79 Å². The summed E-state index contributed by atoms with van der Waals surface area (Å²) in [6, 6.07) is 7.04. The van der Waals surface area contributed by atoms with E-state index in [0.717, 1.165) is 28.2 Å². The lowest BCUT2D eigenvalue weighted by Crippen LogP contribution is -2.20. The van der Waals surface area contributed by atoms with Gasteiger partial charge in [-0.1, -0.05) is 0 Å². The molecule has 2 heterocycles. The van der Waals surface area contributed by atoms with E-state index in [4.69, 9.17) is 0 Å². The Kier molecular flexibility index (Phi) is 2.67. The zero-order valence-corrected chi connectivity index (χ0v) is 11.7. The Morgan fingerprint density at radius 1 is 1.25 bits per heavy atom. The summed E-state index contributed by atoms with van der Waals surface area (Å²) in [6.07, 6.45) is 1.88. The fourth-order valence-electron chi connectivity index (χ4n) is 2.61. The van der Waals surface area contributed by atoms with Crippen LogP contribution in [-0.2, 0) is 4.79 Å². The van der Waals surface area contributed by atoms with Crippen LogP contribution in [0.5, 0.6) is 5.75 Å². The van der Waals surface area contributed by atoms with E-state index in [-0.39, 0.29) is 11.7 Å². The minimum Gasteiger partial charge on any atom is -0.508 e. The summed E-state index contributed by atoms with van der Waals surface area (Å²) in [5.74, 6) is 0.105. The Morgan fingerprint density at radius 3 is 2.65 bits per heavy atom. The van der Waals surface area contributed by atoms with E-state index >= 15 is 0 Å². The van der Waals surface area contributed by atoms with Gasteiger partial charge in [0.25, 0.3) is 5.91 Å². The molecule has 0 radical (unpaired) electrons. The van der Waals surface area contributed by atoms with Crippen molar-refractivity contribution in [2.75, 3.05) is 11.9 Å². The maximum atomic E-state index is 12.4. The highest BCUT2D eigenvalue weighted by molar-refractivity contribution is 6.35. The number of nitrogens with zero attached hydrogens (tertiary/aromatic N) is 1. The molecule has 4 nitrogen and oxygen atoms in total. The van der Waals surface area contributed by atoms with Gasteiger partial charge >= 0.3 is 0 Å². The number of phenols is 1. The summed E-state index contributed by atoms with van der Waals surface area (Å²) in [5.41, 5.74) is 5.36. The molecule has 1 aromatic heterocycles. The van der Waals surface area contributed by atoms with Gasteiger partial charge in [0, 0.05) is 30.1 Å². The Hall–Kier alpha value is -2.49. The molecule has 4 heteroatoms. The Balaban J connectivity index is 2.16. The second-order valence-electron chi connectivity index (χ2n) is 5.17. The van der Waals surface area contributed by atoms with Crippen LogP contribution in [0.3, 0.4) is 0 Å². The minimum atomic E-state index is -0.0581. The summed E-state index contributed by atoms with van der Waals surface area (Å²) in [5, 5.41) is 9.56. The fourth-order valence-corrected chi connectivity index (χ4v) is 2.61. The quantitative estimate of drug-likeness (QED) is 0.781. The van der Waals surface area contributed by atoms with Crippen LogP contribution in [0.15, 0.2) is 24.3 Å². The van der Waals surface area contributed by atoms with E-state index in [0.29, 0.717) is 5.57 Å². The molecule has 1 amide bonds. The van der Waals surface area contributed by atoms with Crippen molar-refractivity contribution in [3.8, 4) is 5.75 Å². The van der Waals surface area contributed by atoms with Gasteiger partial charge in [-0.2, -0.15) is 0 Å². The fraction of sp³-hybridized carbons (Fsp3) is 0.188. The van der Waals surface area contributed by atoms with Gasteiger partial charge in [-0.25, -0.2) is 0 Å².